The highest BCUT2D eigenvalue weighted by Crippen LogP contribution is 2.58. The highest BCUT2D eigenvalue weighted by atomic mass is 35.5. The molecule has 2 saturated carbocycles. The standard InChI is InChI=1S/C29H31ClF3N3O6S/c1-13-6-15-8-17(11-18(13)29(15,40)27-34-12-22(36-27)25(37)28(2,3)39)43(41,42)23-7-14(4-5-19(23)30)26(38)35-16-9-20(31)24(33)21(32)10-16/h4-5,7,9-10,12-13,15,17-18,25,37,39-40H,6,8,11H2,1-3H3,(H,34,36)(H,35,38)/t13-,15?,17?,18?,25?,29+/m0/s1. The molecule has 2 fully saturated rings. The summed E-state index contributed by atoms with van der Waals surface area (Å²) in [4.78, 5) is 19.8. The third-order valence-electron chi connectivity index (χ3n) is 8.71. The van der Waals surface area contributed by atoms with Crippen LogP contribution in [0.4, 0.5) is 18.9 Å². The number of carbonyl (C=O) groups excluding carboxylic acids is 1. The SMILES string of the molecule is C[C@H]1CC2CC(S(=O)(=O)c3cc(C(=O)Nc4cc(F)c(F)c(F)c4)ccc3Cl)CC1[C@@]2(O)c1ncc(C(O)C(C)(C)O)[nH]1. The summed E-state index contributed by atoms with van der Waals surface area (Å²) in [5.41, 5.74) is -3.29. The quantitative estimate of drug-likeness (QED) is 0.236. The van der Waals surface area contributed by atoms with Crippen molar-refractivity contribution in [3.8, 4) is 0 Å². The van der Waals surface area contributed by atoms with Crippen molar-refractivity contribution in [1.29, 1.82) is 0 Å². The van der Waals surface area contributed by atoms with E-state index in [4.69, 9.17) is 11.6 Å². The Kier molecular flexibility index (Phi) is 7.96. The summed E-state index contributed by atoms with van der Waals surface area (Å²) in [7, 11) is -4.15. The summed E-state index contributed by atoms with van der Waals surface area (Å²) in [6, 6.07) is 4.74. The lowest BCUT2D eigenvalue weighted by Gasteiger charge is -2.41. The van der Waals surface area contributed by atoms with E-state index in [1.807, 2.05) is 6.92 Å². The van der Waals surface area contributed by atoms with Gasteiger partial charge < -0.3 is 25.6 Å². The second kappa shape index (κ2) is 10.9. The molecule has 1 heterocycles. The third-order valence-corrected chi connectivity index (χ3v) is 11.4. The van der Waals surface area contributed by atoms with Crippen molar-refractivity contribution in [2.24, 2.45) is 17.8 Å². The lowest BCUT2D eigenvalue weighted by Crippen LogP contribution is -2.47. The molecule has 2 aliphatic rings. The number of imidazole rings is 1. The average molecular weight is 642 g/mol. The van der Waals surface area contributed by atoms with E-state index in [2.05, 4.69) is 15.3 Å². The molecular weight excluding hydrogens is 611 g/mol. The smallest absolute Gasteiger partial charge is 0.255 e. The average Bonchev–Trinajstić information content (AvgIpc) is 3.44. The van der Waals surface area contributed by atoms with Crippen LogP contribution in [0.5, 0.6) is 0 Å². The number of aromatic amines is 1. The minimum Gasteiger partial charge on any atom is -0.387 e. The van der Waals surface area contributed by atoms with Crippen LogP contribution in [0.15, 0.2) is 41.4 Å². The number of sulfone groups is 1. The van der Waals surface area contributed by atoms with E-state index in [1.54, 1.807) is 0 Å². The molecule has 2 aliphatic carbocycles. The number of amides is 1. The topological polar surface area (TPSA) is 153 Å². The van der Waals surface area contributed by atoms with Crippen LogP contribution >= 0.6 is 11.6 Å². The fourth-order valence-corrected chi connectivity index (χ4v) is 8.84. The number of fused-ring (bicyclic) bond motifs is 2. The fraction of sp³-hybridized carbons (Fsp3) is 0.448. The van der Waals surface area contributed by atoms with Gasteiger partial charge in [0.15, 0.2) is 27.3 Å². The first-order chi connectivity index (χ1) is 19.9. The number of aliphatic hydroxyl groups excluding tert-OH is 1. The maximum Gasteiger partial charge on any atom is 0.255 e. The zero-order chi connectivity index (χ0) is 31.6. The molecule has 0 saturated heterocycles. The van der Waals surface area contributed by atoms with Crippen molar-refractivity contribution in [2.45, 2.75) is 67.5 Å². The van der Waals surface area contributed by atoms with Gasteiger partial charge in [0, 0.05) is 23.4 Å². The Balaban J connectivity index is 1.41. The van der Waals surface area contributed by atoms with Gasteiger partial charge in [0.2, 0.25) is 0 Å². The first kappa shape index (κ1) is 31.5. The summed E-state index contributed by atoms with van der Waals surface area (Å²) in [5, 5.41) is 33.7. The van der Waals surface area contributed by atoms with Crippen LogP contribution in [0.25, 0.3) is 0 Å². The normalized spacial score (nSPS) is 26.4. The van der Waals surface area contributed by atoms with Gasteiger partial charge in [-0.15, -0.1) is 0 Å². The van der Waals surface area contributed by atoms with Crippen LogP contribution in [0.2, 0.25) is 5.02 Å². The number of carbonyl (C=O) groups is 1. The van der Waals surface area contributed by atoms with E-state index in [0.29, 0.717) is 18.6 Å². The number of aliphatic hydroxyl groups is 3. The summed E-state index contributed by atoms with van der Waals surface area (Å²) in [6.45, 7) is 4.78. The van der Waals surface area contributed by atoms with Gasteiger partial charge >= 0.3 is 0 Å². The van der Waals surface area contributed by atoms with Crippen LogP contribution in [0, 0.1) is 35.2 Å². The number of H-pyrrole nitrogens is 1. The maximum absolute atomic E-state index is 13.9. The number of nitrogens with zero attached hydrogens (tertiary/aromatic N) is 1. The van der Waals surface area contributed by atoms with Crippen molar-refractivity contribution >= 4 is 33.0 Å². The molecule has 3 aromatic rings. The summed E-state index contributed by atoms with van der Waals surface area (Å²) >= 11 is 6.30. The largest absolute Gasteiger partial charge is 0.387 e. The molecule has 0 aliphatic heterocycles. The molecule has 2 aromatic carbocycles. The molecule has 5 rings (SSSR count). The van der Waals surface area contributed by atoms with Crippen LogP contribution < -0.4 is 5.32 Å². The van der Waals surface area contributed by atoms with Crippen molar-refractivity contribution in [3.63, 3.8) is 0 Å². The van der Waals surface area contributed by atoms with E-state index in [0.717, 1.165) is 6.07 Å². The Morgan fingerprint density at radius 2 is 1.81 bits per heavy atom. The number of nitrogens with one attached hydrogen (secondary N) is 2. The minimum atomic E-state index is -4.15. The fourth-order valence-electron chi connectivity index (χ4n) is 6.47. The number of anilines is 1. The van der Waals surface area contributed by atoms with Crippen molar-refractivity contribution < 1.29 is 41.7 Å². The first-order valence-electron chi connectivity index (χ1n) is 13.6. The molecule has 2 bridgehead atoms. The summed E-state index contributed by atoms with van der Waals surface area (Å²) in [6.07, 6.45) is 0.676. The van der Waals surface area contributed by atoms with Crippen LogP contribution in [-0.4, -0.2) is 50.5 Å². The Morgan fingerprint density at radius 1 is 1.16 bits per heavy atom. The predicted molar refractivity (Wildman–Crippen MR) is 150 cm³/mol. The zero-order valence-corrected chi connectivity index (χ0v) is 25.0. The van der Waals surface area contributed by atoms with Crippen molar-refractivity contribution in [3.05, 3.63) is 76.1 Å². The second-order valence-corrected chi connectivity index (χ2v) is 14.7. The summed E-state index contributed by atoms with van der Waals surface area (Å²) < 4.78 is 68.4. The lowest BCUT2D eigenvalue weighted by atomic mass is 9.72. The molecule has 6 atom stereocenters. The number of hydrogen-bond donors (Lipinski definition) is 5. The van der Waals surface area contributed by atoms with E-state index in [1.165, 1.54) is 32.2 Å². The van der Waals surface area contributed by atoms with Gasteiger partial charge in [-0.05, 0) is 69.1 Å². The van der Waals surface area contributed by atoms with Gasteiger partial charge in [0.25, 0.3) is 5.91 Å². The van der Waals surface area contributed by atoms with Crippen molar-refractivity contribution in [2.75, 3.05) is 5.32 Å². The van der Waals surface area contributed by atoms with Gasteiger partial charge in [-0.2, -0.15) is 0 Å². The van der Waals surface area contributed by atoms with Crippen LogP contribution in [0.3, 0.4) is 0 Å². The number of benzene rings is 2. The maximum atomic E-state index is 13.9. The summed E-state index contributed by atoms with van der Waals surface area (Å²) in [5.74, 6) is -6.54. The van der Waals surface area contributed by atoms with Gasteiger partial charge in [0.05, 0.1) is 32.7 Å². The second-order valence-electron chi connectivity index (χ2n) is 12.1. The molecule has 0 spiro atoms. The van der Waals surface area contributed by atoms with E-state index < -0.39 is 67.6 Å². The van der Waals surface area contributed by atoms with Crippen molar-refractivity contribution in [1.82, 2.24) is 9.97 Å². The highest BCUT2D eigenvalue weighted by molar-refractivity contribution is 7.92. The molecule has 232 valence electrons. The number of aromatic nitrogens is 2. The van der Waals surface area contributed by atoms with E-state index >= 15 is 0 Å². The third kappa shape index (κ3) is 5.46. The molecule has 4 unspecified atom stereocenters. The molecule has 5 N–H and O–H groups in total. The molecule has 0 radical (unpaired) electrons. The molecule has 9 nitrogen and oxygen atoms in total. The number of rotatable bonds is 7. The van der Waals surface area contributed by atoms with E-state index in [9.17, 15) is 41.7 Å². The molecule has 43 heavy (non-hydrogen) atoms. The molecular formula is C29H31ClF3N3O6S. The Labute approximate surface area is 251 Å². The monoisotopic (exact) mass is 641 g/mol. The zero-order valence-electron chi connectivity index (χ0n) is 23.4. The van der Waals surface area contributed by atoms with Gasteiger partial charge in [-0.1, -0.05) is 18.5 Å². The van der Waals surface area contributed by atoms with Gasteiger partial charge in [-0.3, -0.25) is 4.79 Å². The predicted octanol–water partition coefficient (Wildman–Crippen LogP) is 4.63. The van der Waals surface area contributed by atoms with Gasteiger partial charge in [-0.25, -0.2) is 26.6 Å². The van der Waals surface area contributed by atoms with Crippen LogP contribution in [0.1, 0.15) is 68.0 Å². The molecule has 14 heteroatoms. The Hall–Kier alpha value is -2.97. The highest BCUT2D eigenvalue weighted by Gasteiger charge is 2.60. The lowest BCUT2D eigenvalue weighted by molar-refractivity contribution is -0.0775. The minimum absolute atomic E-state index is 0.0570. The number of halogens is 4. The Morgan fingerprint density at radius 3 is 2.42 bits per heavy atom. The number of hydrogen-bond acceptors (Lipinski definition) is 7. The molecule has 1 aromatic heterocycles. The van der Waals surface area contributed by atoms with Crippen LogP contribution in [-0.2, 0) is 15.4 Å². The first-order valence-corrected chi connectivity index (χ1v) is 15.5. The Bertz CT molecular complexity index is 1670. The molecule has 1 amide bonds. The van der Waals surface area contributed by atoms with Gasteiger partial charge in [0.1, 0.15) is 17.5 Å². The van der Waals surface area contributed by atoms with E-state index in [-0.39, 0.29) is 51.4 Å².